The van der Waals surface area contributed by atoms with Crippen LogP contribution in [-0.2, 0) is 0 Å². The van der Waals surface area contributed by atoms with Gasteiger partial charge in [0.25, 0.3) is 6.17 Å². The molecule has 10 heavy (non-hydrogen) atoms. The molecule has 0 aromatic heterocycles. The molecule has 0 amide bonds. The van der Waals surface area contributed by atoms with Gasteiger partial charge in [-0.15, -0.1) is 0 Å². The molecular weight excluding hydrogens is 155 g/mol. The molecule has 0 heterocycles. The topological polar surface area (TPSA) is 0 Å². The lowest BCUT2D eigenvalue weighted by atomic mass is 10.4. The Labute approximate surface area is 52.6 Å². The highest BCUT2D eigenvalue weighted by Gasteiger charge is 2.38. The molecule has 1 aliphatic carbocycles. The largest absolute Gasteiger partial charge is 0.265 e. The molecule has 0 N–H and O–H groups in total. The van der Waals surface area contributed by atoms with Gasteiger partial charge < -0.3 is 0 Å². The van der Waals surface area contributed by atoms with Crippen LogP contribution in [-0.4, -0.2) is 0 Å². The molecule has 0 aromatic rings. The van der Waals surface area contributed by atoms with E-state index >= 15 is 0 Å². The Bertz CT molecular complexity index is 202. The van der Waals surface area contributed by atoms with Gasteiger partial charge in [0.2, 0.25) is 0 Å². The summed E-state index contributed by atoms with van der Waals surface area (Å²) in [6.45, 7) is 0. The van der Waals surface area contributed by atoms with Gasteiger partial charge in [0.15, 0.2) is 23.3 Å². The first-order valence-corrected chi connectivity index (χ1v) is 2.19. The second kappa shape index (κ2) is 2.07. The van der Waals surface area contributed by atoms with Crippen LogP contribution in [0.25, 0.3) is 0 Å². The summed E-state index contributed by atoms with van der Waals surface area (Å²) in [5, 5.41) is 0. The van der Waals surface area contributed by atoms with Gasteiger partial charge in [0, 0.05) is 0 Å². The monoisotopic (exact) mass is 155 g/mol. The Balaban J connectivity index is 3.09. The molecule has 0 nitrogen and oxygen atoms in total. The number of halogens is 5. The summed E-state index contributed by atoms with van der Waals surface area (Å²) < 4.78 is 58.9. The average Bonchev–Trinajstić information content (AvgIpc) is 2.07. The molecule has 0 fully saturated rings. The first-order valence-electron chi connectivity index (χ1n) is 2.19. The van der Waals surface area contributed by atoms with Gasteiger partial charge in [0.05, 0.1) is 0 Å². The summed E-state index contributed by atoms with van der Waals surface area (Å²) in [6, 6.07) is 0. The fraction of sp³-hybridized carbons (Fsp3) is 0. The molecule has 0 saturated heterocycles. The Morgan fingerprint density at radius 3 is 0.900 bits per heavy atom. The minimum atomic E-state index is -2.12. The van der Waals surface area contributed by atoms with E-state index in [0.717, 1.165) is 0 Å². The Kier molecular flexibility index (Phi) is 1.50. The van der Waals surface area contributed by atoms with Gasteiger partial charge >= 0.3 is 0 Å². The van der Waals surface area contributed by atoms with E-state index in [1.165, 1.54) is 0 Å². The Morgan fingerprint density at radius 1 is 0.500 bits per heavy atom. The third kappa shape index (κ3) is 0.732. The van der Waals surface area contributed by atoms with Crippen LogP contribution in [0.15, 0.2) is 23.3 Å². The summed E-state index contributed by atoms with van der Waals surface area (Å²) >= 11 is 0. The molecule has 0 saturated carbocycles. The highest BCUT2D eigenvalue weighted by molar-refractivity contribution is 5.46. The SMILES string of the molecule is F[C]1C(F)=C(F)C(F)=C1F. The van der Waals surface area contributed by atoms with E-state index < -0.39 is 29.5 Å². The zero-order chi connectivity index (χ0) is 7.89. The van der Waals surface area contributed by atoms with E-state index in [4.69, 9.17) is 0 Å². The Hall–Kier alpha value is -0.870. The van der Waals surface area contributed by atoms with Crippen molar-refractivity contribution in [2.75, 3.05) is 0 Å². The van der Waals surface area contributed by atoms with Crippen LogP contribution in [0.4, 0.5) is 22.0 Å². The lowest BCUT2D eigenvalue weighted by Crippen LogP contribution is -1.84. The van der Waals surface area contributed by atoms with Crippen molar-refractivity contribution in [3.05, 3.63) is 29.5 Å². The molecule has 1 radical (unpaired) electrons. The van der Waals surface area contributed by atoms with E-state index in [1.54, 1.807) is 0 Å². The van der Waals surface area contributed by atoms with Crippen LogP contribution in [0.2, 0.25) is 0 Å². The zero-order valence-electron chi connectivity index (χ0n) is 4.39. The maximum atomic E-state index is 11.8. The van der Waals surface area contributed by atoms with Gasteiger partial charge in [-0.2, -0.15) is 0 Å². The Morgan fingerprint density at radius 2 is 0.800 bits per heavy atom. The van der Waals surface area contributed by atoms with E-state index in [1.807, 2.05) is 0 Å². The average molecular weight is 155 g/mol. The molecule has 55 valence electrons. The fourth-order valence-electron chi connectivity index (χ4n) is 0.482. The second-order valence-corrected chi connectivity index (χ2v) is 1.57. The van der Waals surface area contributed by atoms with Crippen molar-refractivity contribution in [3.8, 4) is 0 Å². The highest BCUT2D eigenvalue weighted by Crippen LogP contribution is 2.42. The standard InChI is InChI=1S/C5F5/c6-1-2(7)4(9)5(10)3(1)8. The normalized spacial score (nSPS) is 21.3. The summed E-state index contributed by atoms with van der Waals surface area (Å²) in [4.78, 5) is 0. The summed E-state index contributed by atoms with van der Waals surface area (Å²) in [5.74, 6) is -8.46. The third-order valence-corrected chi connectivity index (χ3v) is 0.964. The molecule has 0 atom stereocenters. The second-order valence-electron chi connectivity index (χ2n) is 1.57. The van der Waals surface area contributed by atoms with Crippen molar-refractivity contribution in [1.29, 1.82) is 0 Å². The minimum Gasteiger partial charge on any atom is -0.223 e. The number of hydrogen-bond donors (Lipinski definition) is 0. The van der Waals surface area contributed by atoms with Gasteiger partial charge in [-0.3, -0.25) is 0 Å². The van der Waals surface area contributed by atoms with E-state index in [2.05, 4.69) is 0 Å². The third-order valence-electron chi connectivity index (χ3n) is 0.964. The van der Waals surface area contributed by atoms with Gasteiger partial charge in [-0.25, -0.2) is 22.0 Å². The van der Waals surface area contributed by atoms with Crippen LogP contribution in [0.1, 0.15) is 0 Å². The predicted octanol–water partition coefficient (Wildman–Crippen LogP) is 2.80. The molecule has 1 aliphatic rings. The minimum absolute atomic E-state index is 2.12. The lowest BCUT2D eigenvalue weighted by Gasteiger charge is -1.89. The van der Waals surface area contributed by atoms with Crippen molar-refractivity contribution in [2.24, 2.45) is 0 Å². The van der Waals surface area contributed by atoms with E-state index in [9.17, 15) is 22.0 Å². The maximum absolute atomic E-state index is 11.8. The molecular formula is C5F5. The van der Waals surface area contributed by atoms with Gasteiger partial charge in [-0.1, -0.05) is 0 Å². The molecule has 5 heteroatoms. The van der Waals surface area contributed by atoms with Crippen LogP contribution < -0.4 is 0 Å². The zero-order valence-corrected chi connectivity index (χ0v) is 4.39. The van der Waals surface area contributed by atoms with Gasteiger partial charge in [0.1, 0.15) is 0 Å². The summed E-state index contributed by atoms with van der Waals surface area (Å²) in [7, 11) is 0. The molecule has 0 aromatic carbocycles. The van der Waals surface area contributed by atoms with Crippen LogP contribution in [0.5, 0.6) is 0 Å². The van der Waals surface area contributed by atoms with E-state index in [-0.39, 0.29) is 0 Å². The van der Waals surface area contributed by atoms with Crippen molar-refractivity contribution in [1.82, 2.24) is 0 Å². The van der Waals surface area contributed by atoms with Crippen molar-refractivity contribution < 1.29 is 22.0 Å². The molecule has 0 bridgehead atoms. The van der Waals surface area contributed by atoms with Crippen LogP contribution in [0, 0.1) is 6.17 Å². The fourth-order valence-corrected chi connectivity index (χ4v) is 0.482. The maximum Gasteiger partial charge on any atom is 0.265 e. The number of rotatable bonds is 0. The van der Waals surface area contributed by atoms with Crippen molar-refractivity contribution in [2.45, 2.75) is 0 Å². The van der Waals surface area contributed by atoms with Crippen LogP contribution >= 0.6 is 0 Å². The predicted molar refractivity (Wildman–Crippen MR) is 22.8 cm³/mol. The quantitative estimate of drug-likeness (QED) is 0.472. The smallest absolute Gasteiger partial charge is 0.223 e. The first kappa shape index (κ1) is 7.24. The van der Waals surface area contributed by atoms with Gasteiger partial charge in [-0.05, 0) is 0 Å². The lowest BCUT2D eigenvalue weighted by molar-refractivity contribution is 0.419. The number of hydrogen-bond acceptors (Lipinski definition) is 0. The molecule has 1 rings (SSSR count). The van der Waals surface area contributed by atoms with E-state index in [0.29, 0.717) is 0 Å². The van der Waals surface area contributed by atoms with Crippen LogP contribution in [0.3, 0.4) is 0 Å². The first-order chi connectivity index (χ1) is 4.55. The summed E-state index contributed by atoms with van der Waals surface area (Å²) in [5.41, 5.74) is 0. The van der Waals surface area contributed by atoms with Crippen molar-refractivity contribution >= 4 is 0 Å². The molecule has 0 aliphatic heterocycles. The number of allylic oxidation sites excluding steroid dienone is 4. The molecule has 0 spiro atoms. The highest BCUT2D eigenvalue weighted by atomic mass is 19.2. The molecule has 0 unspecified atom stereocenters. The summed E-state index contributed by atoms with van der Waals surface area (Å²) in [6.07, 6.45) is -2.12. The van der Waals surface area contributed by atoms with Crippen molar-refractivity contribution in [3.63, 3.8) is 0 Å².